The van der Waals surface area contributed by atoms with E-state index in [9.17, 15) is 22.4 Å². The van der Waals surface area contributed by atoms with E-state index < -0.39 is 38.8 Å². The topological polar surface area (TPSA) is 130 Å². The number of methoxy groups -OCH3 is 2. The molecule has 0 bridgehead atoms. The first kappa shape index (κ1) is 19.4. The molecule has 148 valence electrons. The van der Waals surface area contributed by atoms with Gasteiger partial charge >= 0.3 is 11.7 Å². The number of sulfonamides is 1. The van der Waals surface area contributed by atoms with Gasteiger partial charge in [-0.3, -0.25) is 4.72 Å². The van der Waals surface area contributed by atoms with Crippen molar-refractivity contribution >= 4 is 32.7 Å². The number of halogens is 1. The molecule has 0 saturated heterocycles. The number of hydrogen-bond donors (Lipinski definition) is 3. The van der Waals surface area contributed by atoms with Crippen molar-refractivity contribution in [2.24, 2.45) is 0 Å². The molecule has 0 atom stereocenters. The number of carbonyl (C=O) groups excluding carboxylic acids is 1. The average molecular weight is 409 g/mol. The lowest BCUT2D eigenvalue weighted by atomic mass is 10.2. The largest absolute Gasteiger partial charge is 0.492 e. The maximum Gasteiger partial charge on any atom is 0.340 e. The lowest BCUT2D eigenvalue weighted by Crippen LogP contribution is -2.16. The van der Waals surface area contributed by atoms with Crippen molar-refractivity contribution in [3.05, 3.63) is 51.7 Å². The number of fused-ring (bicyclic) bond motifs is 1. The smallest absolute Gasteiger partial charge is 0.340 e. The monoisotopic (exact) mass is 409 g/mol. The number of imidazole rings is 1. The Balaban J connectivity index is 2.08. The number of esters is 1. The van der Waals surface area contributed by atoms with E-state index in [1.54, 1.807) is 6.92 Å². The normalized spacial score (nSPS) is 11.4. The van der Waals surface area contributed by atoms with Gasteiger partial charge in [0.1, 0.15) is 0 Å². The van der Waals surface area contributed by atoms with Crippen molar-refractivity contribution in [3.63, 3.8) is 0 Å². The number of anilines is 1. The zero-order valence-corrected chi connectivity index (χ0v) is 15.9. The third kappa shape index (κ3) is 3.31. The zero-order chi connectivity index (χ0) is 20.6. The Morgan fingerprint density at radius 1 is 1.14 bits per heavy atom. The first-order valence-electron chi connectivity index (χ1n) is 7.88. The molecule has 9 nitrogen and oxygen atoms in total. The summed E-state index contributed by atoms with van der Waals surface area (Å²) < 4.78 is 51.9. The van der Waals surface area contributed by atoms with E-state index in [1.165, 1.54) is 18.2 Å². The van der Waals surface area contributed by atoms with E-state index in [1.807, 2.05) is 0 Å². The van der Waals surface area contributed by atoms with Crippen LogP contribution in [0.4, 0.5) is 10.1 Å². The van der Waals surface area contributed by atoms with Crippen LogP contribution in [0.25, 0.3) is 11.0 Å². The summed E-state index contributed by atoms with van der Waals surface area (Å²) in [5.74, 6) is -2.44. The standard InChI is InChI=1S/C17H16FN3O6S/c1-8-6-11-12(20-17(23)19-11)7-13(8)28(24,25)21-10-5-4-9(16(22)27-3)14(18)15(10)26-2/h4-7,21H,1-3H3,(H2,19,20,23). The second-order valence-corrected chi connectivity index (χ2v) is 7.50. The van der Waals surface area contributed by atoms with Crippen LogP contribution in [-0.2, 0) is 14.8 Å². The fourth-order valence-corrected chi connectivity index (χ4v) is 4.08. The number of aromatic amines is 2. The van der Waals surface area contributed by atoms with Crippen LogP contribution in [0.1, 0.15) is 15.9 Å². The SMILES string of the molecule is COC(=O)c1ccc(NS(=O)(=O)c2cc3[nH]c(=O)[nH]c3cc2C)c(OC)c1F. The van der Waals surface area contributed by atoms with Crippen molar-refractivity contribution in [2.75, 3.05) is 18.9 Å². The van der Waals surface area contributed by atoms with Gasteiger partial charge in [0.15, 0.2) is 11.6 Å². The molecular weight excluding hydrogens is 393 g/mol. The highest BCUT2D eigenvalue weighted by atomic mass is 32.2. The van der Waals surface area contributed by atoms with Crippen LogP contribution in [-0.4, -0.2) is 38.6 Å². The quantitative estimate of drug-likeness (QED) is 0.552. The molecule has 0 fully saturated rings. The molecule has 28 heavy (non-hydrogen) atoms. The summed E-state index contributed by atoms with van der Waals surface area (Å²) in [5, 5.41) is 0. The van der Waals surface area contributed by atoms with Crippen molar-refractivity contribution in [1.29, 1.82) is 0 Å². The van der Waals surface area contributed by atoms with Crippen LogP contribution in [0.15, 0.2) is 34.0 Å². The number of aromatic nitrogens is 2. The Bertz CT molecular complexity index is 1250. The third-order valence-corrected chi connectivity index (χ3v) is 5.56. The maximum absolute atomic E-state index is 14.5. The molecule has 0 unspecified atom stereocenters. The molecular formula is C17H16FN3O6S. The Morgan fingerprint density at radius 2 is 1.79 bits per heavy atom. The Labute approximate surface area is 158 Å². The van der Waals surface area contributed by atoms with Gasteiger partial charge in [-0.2, -0.15) is 0 Å². The third-order valence-electron chi connectivity index (χ3n) is 4.05. The van der Waals surface area contributed by atoms with Crippen LogP contribution in [0.5, 0.6) is 5.75 Å². The van der Waals surface area contributed by atoms with E-state index in [0.717, 1.165) is 20.3 Å². The van der Waals surface area contributed by atoms with Gasteiger partial charge in [0.2, 0.25) is 0 Å². The number of benzene rings is 2. The maximum atomic E-state index is 14.5. The van der Waals surface area contributed by atoms with Crippen molar-refractivity contribution in [2.45, 2.75) is 11.8 Å². The van der Waals surface area contributed by atoms with Gasteiger partial charge in [0.05, 0.1) is 41.4 Å². The highest BCUT2D eigenvalue weighted by molar-refractivity contribution is 7.92. The molecule has 0 spiro atoms. The predicted molar refractivity (Wildman–Crippen MR) is 98.8 cm³/mol. The van der Waals surface area contributed by atoms with Crippen LogP contribution in [0, 0.1) is 12.7 Å². The molecule has 0 saturated carbocycles. The molecule has 0 aliphatic carbocycles. The Morgan fingerprint density at radius 3 is 2.39 bits per heavy atom. The van der Waals surface area contributed by atoms with Crippen molar-refractivity contribution in [1.82, 2.24) is 9.97 Å². The lowest BCUT2D eigenvalue weighted by Gasteiger charge is -2.15. The van der Waals surface area contributed by atoms with E-state index in [-0.39, 0.29) is 10.6 Å². The molecule has 0 radical (unpaired) electrons. The molecule has 3 N–H and O–H groups in total. The number of rotatable bonds is 5. The second kappa shape index (κ2) is 7.00. The minimum absolute atomic E-state index is 0.116. The summed E-state index contributed by atoms with van der Waals surface area (Å²) in [6, 6.07) is 5.06. The highest BCUT2D eigenvalue weighted by Crippen LogP contribution is 2.33. The lowest BCUT2D eigenvalue weighted by molar-refractivity contribution is 0.0594. The van der Waals surface area contributed by atoms with Crippen LogP contribution in [0.3, 0.4) is 0 Å². The summed E-state index contributed by atoms with van der Waals surface area (Å²) in [4.78, 5) is 27.9. The summed E-state index contributed by atoms with van der Waals surface area (Å²) in [6.45, 7) is 1.55. The molecule has 11 heteroatoms. The first-order chi connectivity index (χ1) is 13.2. The second-order valence-electron chi connectivity index (χ2n) is 5.85. The highest BCUT2D eigenvalue weighted by Gasteiger charge is 2.24. The number of aryl methyl sites for hydroxylation is 1. The summed E-state index contributed by atoms with van der Waals surface area (Å²) in [6.07, 6.45) is 0. The molecule has 0 amide bonds. The number of H-pyrrole nitrogens is 2. The first-order valence-corrected chi connectivity index (χ1v) is 9.36. The van der Waals surface area contributed by atoms with Gasteiger partial charge in [-0.25, -0.2) is 22.4 Å². The van der Waals surface area contributed by atoms with E-state index in [0.29, 0.717) is 16.6 Å². The molecule has 0 aliphatic heterocycles. The Kier molecular flexibility index (Phi) is 4.86. The fourth-order valence-electron chi connectivity index (χ4n) is 2.76. The molecule has 1 heterocycles. The van der Waals surface area contributed by atoms with E-state index in [2.05, 4.69) is 19.4 Å². The fraction of sp³-hybridized carbons (Fsp3) is 0.176. The zero-order valence-electron chi connectivity index (χ0n) is 15.0. The van der Waals surface area contributed by atoms with Gasteiger partial charge in [0, 0.05) is 0 Å². The van der Waals surface area contributed by atoms with Gasteiger partial charge < -0.3 is 19.4 Å². The molecule has 3 rings (SSSR count). The van der Waals surface area contributed by atoms with Crippen LogP contribution < -0.4 is 15.1 Å². The average Bonchev–Trinajstić information content (AvgIpc) is 2.99. The minimum Gasteiger partial charge on any atom is -0.492 e. The van der Waals surface area contributed by atoms with E-state index in [4.69, 9.17) is 4.74 Å². The molecule has 0 aliphatic rings. The number of nitrogens with one attached hydrogen (secondary N) is 3. The predicted octanol–water partition coefficient (Wildman–Crippen LogP) is 1.90. The summed E-state index contributed by atoms with van der Waals surface area (Å²) in [5.41, 5.74) is 0.0436. The number of carbonyl (C=O) groups is 1. The van der Waals surface area contributed by atoms with Gasteiger partial charge in [-0.15, -0.1) is 0 Å². The molecule has 1 aromatic heterocycles. The number of ether oxygens (including phenoxy) is 2. The van der Waals surface area contributed by atoms with Crippen LogP contribution in [0.2, 0.25) is 0 Å². The van der Waals surface area contributed by atoms with Gasteiger partial charge in [0.25, 0.3) is 10.0 Å². The summed E-state index contributed by atoms with van der Waals surface area (Å²) >= 11 is 0. The van der Waals surface area contributed by atoms with Gasteiger partial charge in [-0.05, 0) is 36.8 Å². The summed E-state index contributed by atoms with van der Waals surface area (Å²) in [7, 11) is -1.93. The molecule has 3 aromatic rings. The van der Waals surface area contributed by atoms with Crippen LogP contribution >= 0.6 is 0 Å². The van der Waals surface area contributed by atoms with Crippen molar-refractivity contribution < 1.29 is 27.1 Å². The van der Waals surface area contributed by atoms with E-state index >= 15 is 0 Å². The number of hydrogen-bond acceptors (Lipinski definition) is 6. The molecule has 2 aromatic carbocycles. The van der Waals surface area contributed by atoms with Gasteiger partial charge in [-0.1, -0.05) is 0 Å². The van der Waals surface area contributed by atoms with Crippen molar-refractivity contribution in [3.8, 4) is 5.75 Å². The minimum atomic E-state index is -4.16. The Hall–Kier alpha value is -3.34.